The SMILES string of the molecule is CCC/C(=C/C#N)c1ccc2c(c1)C(CC)(CC)OC(=O)N2. The summed E-state index contributed by atoms with van der Waals surface area (Å²) in [7, 11) is 0. The molecule has 0 spiro atoms. The molecule has 22 heavy (non-hydrogen) atoms. The maximum atomic E-state index is 11.8. The zero-order valence-electron chi connectivity index (χ0n) is 13.4. The second-order valence-electron chi connectivity index (χ2n) is 5.52. The maximum absolute atomic E-state index is 11.8. The zero-order chi connectivity index (χ0) is 16.2. The molecule has 0 aliphatic carbocycles. The Morgan fingerprint density at radius 1 is 1.36 bits per heavy atom. The van der Waals surface area contributed by atoms with Crippen molar-refractivity contribution < 1.29 is 9.53 Å². The number of nitrogens with zero attached hydrogens (tertiary/aromatic N) is 1. The topological polar surface area (TPSA) is 62.1 Å². The molecule has 116 valence electrons. The number of nitrogens with one attached hydrogen (secondary N) is 1. The largest absolute Gasteiger partial charge is 0.438 e. The molecule has 1 aliphatic rings. The first-order valence-corrected chi connectivity index (χ1v) is 7.83. The fraction of sp³-hybridized carbons (Fsp3) is 0.444. The van der Waals surface area contributed by atoms with Crippen molar-refractivity contribution in [1.29, 1.82) is 5.26 Å². The lowest BCUT2D eigenvalue weighted by Crippen LogP contribution is -2.38. The standard InChI is InChI=1S/C18H22N2O2/c1-4-7-13(10-11-19)14-8-9-16-15(12-14)18(5-2,6-3)22-17(21)20-16/h8-10,12H,4-7H2,1-3H3,(H,20,21)/b13-10-. The highest BCUT2D eigenvalue weighted by Gasteiger charge is 2.39. The number of cyclic esters (lactones) is 1. The molecule has 1 N–H and O–H groups in total. The molecule has 4 nitrogen and oxygen atoms in total. The minimum absolute atomic E-state index is 0.398. The lowest BCUT2D eigenvalue weighted by Gasteiger charge is -2.37. The number of benzene rings is 1. The third kappa shape index (κ3) is 2.85. The van der Waals surface area contributed by atoms with Gasteiger partial charge in [0, 0.05) is 11.6 Å². The molecule has 1 amide bonds. The monoisotopic (exact) mass is 298 g/mol. The van der Waals surface area contributed by atoms with E-state index < -0.39 is 11.7 Å². The van der Waals surface area contributed by atoms with Crippen molar-refractivity contribution in [2.45, 2.75) is 52.1 Å². The van der Waals surface area contributed by atoms with Crippen LogP contribution in [0.15, 0.2) is 24.3 Å². The van der Waals surface area contributed by atoms with Crippen molar-refractivity contribution in [3.05, 3.63) is 35.4 Å². The first-order valence-electron chi connectivity index (χ1n) is 7.83. The van der Waals surface area contributed by atoms with E-state index in [0.29, 0.717) is 0 Å². The number of ether oxygens (including phenoxy) is 1. The van der Waals surface area contributed by atoms with Gasteiger partial charge in [0.05, 0.1) is 11.8 Å². The number of anilines is 1. The quantitative estimate of drug-likeness (QED) is 0.780. The third-order valence-electron chi connectivity index (χ3n) is 4.31. The summed E-state index contributed by atoms with van der Waals surface area (Å²) in [5.74, 6) is 0. The molecule has 1 heterocycles. The summed E-state index contributed by atoms with van der Waals surface area (Å²) in [5.41, 5.74) is 3.25. The Balaban J connectivity index is 2.55. The second kappa shape index (κ2) is 6.65. The van der Waals surface area contributed by atoms with Crippen molar-refractivity contribution in [2.75, 3.05) is 5.32 Å². The number of carbonyl (C=O) groups is 1. The Labute approximate surface area is 131 Å². The lowest BCUT2D eigenvalue weighted by atomic mass is 9.84. The molecule has 0 unspecified atom stereocenters. The van der Waals surface area contributed by atoms with E-state index in [1.165, 1.54) is 0 Å². The molecule has 0 saturated heterocycles. The van der Waals surface area contributed by atoms with Crippen LogP contribution in [0.5, 0.6) is 0 Å². The van der Waals surface area contributed by atoms with Gasteiger partial charge >= 0.3 is 6.09 Å². The first-order chi connectivity index (χ1) is 10.6. The first kappa shape index (κ1) is 16.1. The van der Waals surface area contributed by atoms with Gasteiger partial charge in [0.15, 0.2) is 0 Å². The van der Waals surface area contributed by atoms with E-state index in [0.717, 1.165) is 48.1 Å². The third-order valence-corrected chi connectivity index (χ3v) is 4.31. The number of hydrogen-bond donors (Lipinski definition) is 1. The van der Waals surface area contributed by atoms with Gasteiger partial charge in [0.2, 0.25) is 0 Å². The number of carbonyl (C=O) groups excluding carboxylic acids is 1. The van der Waals surface area contributed by atoms with Crippen LogP contribution in [0.2, 0.25) is 0 Å². The van der Waals surface area contributed by atoms with E-state index in [1.807, 2.05) is 26.0 Å². The normalized spacial score (nSPS) is 16.3. The van der Waals surface area contributed by atoms with Crippen LogP contribution in [0.1, 0.15) is 57.6 Å². The summed E-state index contributed by atoms with van der Waals surface area (Å²) in [4.78, 5) is 11.8. The zero-order valence-corrected chi connectivity index (χ0v) is 13.4. The Bertz CT molecular complexity index is 637. The van der Waals surface area contributed by atoms with Gasteiger partial charge in [-0.25, -0.2) is 4.79 Å². The summed E-state index contributed by atoms with van der Waals surface area (Å²) in [6, 6.07) is 8.05. The smallest absolute Gasteiger partial charge is 0.412 e. The van der Waals surface area contributed by atoms with Crippen LogP contribution in [0.4, 0.5) is 10.5 Å². The number of fused-ring (bicyclic) bond motifs is 1. The number of allylic oxidation sites excluding steroid dienone is 2. The summed E-state index contributed by atoms with van der Waals surface area (Å²) in [6.45, 7) is 6.14. The Kier molecular flexibility index (Phi) is 4.87. The molecule has 4 heteroatoms. The minimum atomic E-state index is -0.586. The van der Waals surface area contributed by atoms with Gasteiger partial charge in [0.1, 0.15) is 5.60 Å². The number of rotatable bonds is 5. The van der Waals surface area contributed by atoms with E-state index >= 15 is 0 Å². The summed E-state index contributed by atoms with van der Waals surface area (Å²) in [6.07, 6.45) is 4.48. The van der Waals surface area contributed by atoms with E-state index in [2.05, 4.69) is 24.4 Å². The van der Waals surface area contributed by atoms with Crippen LogP contribution >= 0.6 is 0 Å². The average Bonchev–Trinajstić information content (AvgIpc) is 2.53. The van der Waals surface area contributed by atoms with Gasteiger partial charge in [-0.2, -0.15) is 5.26 Å². The molecule has 0 saturated carbocycles. The molecular weight excluding hydrogens is 276 g/mol. The van der Waals surface area contributed by atoms with Gasteiger partial charge in [0.25, 0.3) is 0 Å². The van der Waals surface area contributed by atoms with E-state index in [9.17, 15) is 4.79 Å². The highest BCUT2D eigenvalue weighted by molar-refractivity contribution is 5.89. The van der Waals surface area contributed by atoms with Crippen molar-refractivity contribution >= 4 is 17.4 Å². The van der Waals surface area contributed by atoms with Crippen LogP contribution in [0.3, 0.4) is 0 Å². The van der Waals surface area contributed by atoms with Gasteiger partial charge in [-0.15, -0.1) is 0 Å². The van der Waals surface area contributed by atoms with E-state index in [1.54, 1.807) is 6.08 Å². The highest BCUT2D eigenvalue weighted by Crippen LogP contribution is 2.42. The fourth-order valence-electron chi connectivity index (χ4n) is 3.02. The minimum Gasteiger partial charge on any atom is -0.438 e. The number of hydrogen-bond acceptors (Lipinski definition) is 3. The molecule has 0 bridgehead atoms. The van der Waals surface area contributed by atoms with Crippen LogP contribution in [-0.4, -0.2) is 6.09 Å². The van der Waals surface area contributed by atoms with Gasteiger partial charge in [-0.1, -0.05) is 33.3 Å². The van der Waals surface area contributed by atoms with Crippen molar-refractivity contribution in [3.8, 4) is 6.07 Å². The molecule has 0 aromatic heterocycles. The van der Waals surface area contributed by atoms with Crippen molar-refractivity contribution in [1.82, 2.24) is 0 Å². The molecule has 0 atom stereocenters. The number of nitriles is 1. The van der Waals surface area contributed by atoms with Gasteiger partial charge in [-0.3, -0.25) is 5.32 Å². The van der Waals surface area contributed by atoms with E-state index in [-0.39, 0.29) is 0 Å². The molecule has 1 aromatic carbocycles. The summed E-state index contributed by atoms with van der Waals surface area (Å²) >= 11 is 0. The fourth-order valence-corrected chi connectivity index (χ4v) is 3.02. The Hall–Kier alpha value is -2.28. The molecular formula is C18H22N2O2. The predicted octanol–water partition coefficient (Wildman–Crippen LogP) is 4.97. The van der Waals surface area contributed by atoms with E-state index in [4.69, 9.17) is 10.00 Å². The highest BCUT2D eigenvalue weighted by atomic mass is 16.6. The van der Waals surface area contributed by atoms with Crippen LogP contribution in [0, 0.1) is 11.3 Å². The lowest BCUT2D eigenvalue weighted by molar-refractivity contribution is 0.00471. The van der Waals surface area contributed by atoms with Crippen LogP contribution in [0.25, 0.3) is 5.57 Å². The van der Waals surface area contributed by atoms with Crippen LogP contribution < -0.4 is 5.32 Å². The summed E-state index contributed by atoms with van der Waals surface area (Å²) < 4.78 is 5.62. The van der Waals surface area contributed by atoms with Gasteiger partial charge < -0.3 is 4.74 Å². The molecule has 1 aliphatic heterocycles. The molecule has 0 radical (unpaired) electrons. The van der Waals surface area contributed by atoms with Crippen molar-refractivity contribution in [2.24, 2.45) is 0 Å². The van der Waals surface area contributed by atoms with Gasteiger partial charge in [-0.05, 0) is 42.5 Å². The van der Waals surface area contributed by atoms with Crippen LogP contribution in [-0.2, 0) is 10.3 Å². The molecule has 1 aromatic rings. The molecule has 2 rings (SSSR count). The Morgan fingerprint density at radius 3 is 2.68 bits per heavy atom. The van der Waals surface area contributed by atoms with Crippen molar-refractivity contribution in [3.63, 3.8) is 0 Å². The average molecular weight is 298 g/mol. The second-order valence-corrected chi connectivity index (χ2v) is 5.52. The molecule has 0 fully saturated rings. The predicted molar refractivity (Wildman–Crippen MR) is 87.3 cm³/mol. The maximum Gasteiger partial charge on any atom is 0.412 e. The number of amides is 1. The summed E-state index contributed by atoms with van der Waals surface area (Å²) in [5, 5.41) is 11.8. The Morgan fingerprint density at radius 2 is 2.09 bits per heavy atom.